The average molecular weight is 238 g/mol. The largest absolute Gasteiger partial charge is 0.457 e. The summed E-state index contributed by atoms with van der Waals surface area (Å²) in [5, 5.41) is 17.2. The van der Waals surface area contributed by atoms with Crippen molar-refractivity contribution in [3.63, 3.8) is 0 Å². The molecule has 0 aliphatic rings. The van der Waals surface area contributed by atoms with Crippen LogP contribution in [0.3, 0.4) is 0 Å². The molecule has 86 valence electrons. The first kappa shape index (κ1) is 11.6. The van der Waals surface area contributed by atoms with E-state index in [4.69, 9.17) is 14.9 Å². The first-order chi connectivity index (χ1) is 8.72. The molecular weight excluding hydrogens is 231 g/mol. The molecule has 1 aromatic heterocycles. The minimum atomic E-state index is -0.351. The summed E-state index contributed by atoms with van der Waals surface area (Å²) < 4.78 is 18.5. The van der Waals surface area contributed by atoms with E-state index in [0.717, 1.165) is 0 Å². The van der Waals surface area contributed by atoms with Crippen molar-refractivity contribution in [1.29, 1.82) is 10.5 Å². The molecule has 2 aromatic rings. The minimum Gasteiger partial charge on any atom is -0.457 e. The van der Waals surface area contributed by atoms with E-state index in [9.17, 15) is 4.39 Å². The Morgan fingerprint density at radius 3 is 2.61 bits per heavy atom. The number of hydrogen-bond donors (Lipinski definition) is 0. The Morgan fingerprint density at radius 2 is 1.94 bits per heavy atom. The summed E-state index contributed by atoms with van der Waals surface area (Å²) >= 11 is 0. The van der Waals surface area contributed by atoms with Gasteiger partial charge in [-0.2, -0.15) is 10.5 Å². The van der Waals surface area contributed by atoms with Crippen LogP contribution in [-0.4, -0.2) is 0 Å². The van der Waals surface area contributed by atoms with Crippen LogP contribution in [-0.2, 0) is 0 Å². The summed E-state index contributed by atoms with van der Waals surface area (Å²) in [7, 11) is 0. The van der Waals surface area contributed by atoms with Gasteiger partial charge < -0.3 is 4.42 Å². The SMILES string of the molecule is N#CC(C#N)=Cc1ccc(-c2cccc(F)c2)o1. The van der Waals surface area contributed by atoms with Gasteiger partial charge in [0.05, 0.1) is 0 Å². The molecule has 18 heavy (non-hydrogen) atoms. The third-order valence-corrected chi connectivity index (χ3v) is 2.26. The maximum absolute atomic E-state index is 13.0. The van der Waals surface area contributed by atoms with Crippen LogP contribution >= 0.6 is 0 Å². The predicted octanol–water partition coefficient (Wildman–Crippen LogP) is 3.52. The van der Waals surface area contributed by atoms with Crippen molar-refractivity contribution in [2.75, 3.05) is 0 Å². The van der Waals surface area contributed by atoms with E-state index in [1.807, 2.05) is 0 Å². The van der Waals surface area contributed by atoms with Crippen LogP contribution < -0.4 is 0 Å². The first-order valence-electron chi connectivity index (χ1n) is 5.10. The molecule has 0 bridgehead atoms. The van der Waals surface area contributed by atoms with Crippen molar-refractivity contribution < 1.29 is 8.81 Å². The van der Waals surface area contributed by atoms with Crippen LogP contribution in [0.5, 0.6) is 0 Å². The minimum absolute atomic E-state index is 0.0462. The molecule has 2 rings (SSSR count). The molecule has 0 amide bonds. The fourth-order valence-electron chi connectivity index (χ4n) is 1.46. The van der Waals surface area contributed by atoms with Gasteiger partial charge in [0.15, 0.2) is 0 Å². The second-order valence-electron chi connectivity index (χ2n) is 3.49. The van der Waals surface area contributed by atoms with Crippen molar-refractivity contribution in [2.45, 2.75) is 0 Å². The molecule has 0 N–H and O–H groups in total. The van der Waals surface area contributed by atoms with Crippen LogP contribution in [0.2, 0.25) is 0 Å². The lowest BCUT2D eigenvalue weighted by Gasteiger charge is -1.96. The van der Waals surface area contributed by atoms with E-state index in [-0.39, 0.29) is 11.4 Å². The lowest BCUT2D eigenvalue weighted by molar-refractivity contribution is 0.570. The third kappa shape index (κ3) is 2.45. The van der Waals surface area contributed by atoms with Crippen molar-refractivity contribution in [2.24, 2.45) is 0 Å². The number of benzene rings is 1. The van der Waals surface area contributed by atoms with Crippen LogP contribution in [0.25, 0.3) is 17.4 Å². The van der Waals surface area contributed by atoms with Crippen molar-refractivity contribution in [3.05, 3.63) is 53.5 Å². The Morgan fingerprint density at radius 1 is 1.17 bits per heavy atom. The molecular formula is C14H7FN2O. The number of rotatable bonds is 2. The molecule has 3 nitrogen and oxygen atoms in total. The smallest absolute Gasteiger partial charge is 0.134 e. The first-order valence-corrected chi connectivity index (χ1v) is 5.10. The molecule has 0 radical (unpaired) electrons. The van der Waals surface area contributed by atoms with Gasteiger partial charge in [-0.05, 0) is 24.3 Å². The highest BCUT2D eigenvalue weighted by Gasteiger charge is 2.05. The fraction of sp³-hybridized carbons (Fsp3) is 0. The van der Waals surface area contributed by atoms with Gasteiger partial charge in [-0.15, -0.1) is 0 Å². The van der Waals surface area contributed by atoms with Crippen LogP contribution in [0.15, 0.2) is 46.4 Å². The highest BCUT2D eigenvalue weighted by Crippen LogP contribution is 2.23. The molecule has 0 fully saturated rings. The number of nitrogens with zero attached hydrogens (tertiary/aromatic N) is 2. The van der Waals surface area contributed by atoms with Gasteiger partial charge in [-0.1, -0.05) is 12.1 Å². The zero-order chi connectivity index (χ0) is 13.0. The van der Waals surface area contributed by atoms with Crippen LogP contribution in [0, 0.1) is 28.5 Å². The molecule has 1 aromatic carbocycles. The Bertz CT molecular complexity index is 670. The van der Waals surface area contributed by atoms with Crippen LogP contribution in [0.4, 0.5) is 4.39 Å². The van der Waals surface area contributed by atoms with E-state index in [1.165, 1.54) is 18.2 Å². The molecule has 0 aliphatic carbocycles. The second kappa shape index (κ2) is 4.99. The monoisotopic (exact) mass is 238 g/mol. The van der Waals surface area contributed by atoms with Gasteiger partial charge in [-0.25, -0.2) is 4.39 Å². The molecule has 0 spiro atoms. The number of halogens is 1. The van der Waals surface area contributed by atoms with Gasteiger partial charge in [0, 0.05) is 11.6 Å². The van der Waals surface area contributed by atoms with Gasteiger partial charge in [0.25, 0.3) is 0 Å². The molecule has 4 heteroatoms. The normalized spacial score (nSPS) is 9.28. The Labute approximate surface area is 103 Å². The Hall–Kier alpha value is -2.85. The van der Waals surface area contributed by atoms with Crippen LogP contribution in [0.1, 0.15) is 5.76 Å². The van der Waals surface area contributed by atoms with Gasteiger partial charge in [0.1, 0.15) is 35.0 Å². The summed E-state index contributed by atoms with van der Waals surface area (Å²) in [5.41, 5.74) is 0.556. The lowest BCUT2D eigenvalue weighted by atomic mass is 10.2. The highest BCUT2D eigenvalue weighted by molar-refractivity contribution is 5.63. The van der Waals surface area contributed by atoms with E-state index in [2.05, 4.69) is 0 Å². The topological polar surface area (TPSA) is 60.7 Å². The molecule has 0 saturated carbocycles. The van der Waals surface area contributed by atoms with Gasteiger partial charge in [0.2, 0.25) is 0 Å². The fourth-order valence-corrected chi connectivity index (χ4v) is 1.46. The van der Waals surface area contributed by atoms with E-state index in [0.29, 0.717) is 17.1 Å². The summed E-state index contributed by atoms with van der Waals surface area (Å²) in [6, 6.07) is 12.7. The number of hydrogen-bond acceptors (Lipinski definition) is 3. The van der Waals surface area contributed by atoms with Crippen molar-refractivity contribution in [3.8, 4) is 23.5 Å². The summed E-state index contributed by atoms with van der Waals surface area (Å²) in [6.07, 6.45) is 1.34. The second-order valence-corrected chi connectivity index (χ2v) is 3.49. The predicted molar refractivity (Wildman–Crippen MR) is 63.3 cm³/mol. The van der Waals surface area contributed by atoms with Crippen molar-refractivity contribution in [1.82, 2.24) is 0 Å². The summed E-state index contributed by atoms with van der Waals surface area (Å²) in [6.45, 7) is 0. The molecule has 0 unspecified atom stereocenters. The zero-order valence-corrected chi connectivity index (χ0v) is 9.22. The number of nitriles is 2. The average Bonchev–Trinajstić information content (AvgIpc) is 2.84. The third-order valence-electron chi connectivity index (χ3n) is 2.26. The number of allylic oxidation sites excluding steroid dienone is 1. The maximum Gasteiger partial charge on any atom is 0.134 e. The van der Waals surface area contributed by atoms with Crippen molar-refractivity contribution >= 4 is 6.08 Å². The summed E-state index contributed by atoms with van der Waals surface area (Å²) in [5.74, 6) is 0.513. The highest BCUT2D eigenvalue weighted by atomic mass is 19.1. The lowest BCUT2D eigenvalue weighted by Crippen LogP contribution is -1.76. The zero-order valence-electron chi connectivity index (χ0n) is 9.22. The van der Waals surface area contributed by atoms with E-state index < -0.39 is 0 Å². The maximum atomic E-state index is 13.0. The Kier molecular flexibility index (Phi) is 3.22. The summed E-state index contributed by atoms with van der Waals surface area (Å²) in [4.78, 5) is 0. The molecule has 0 saturated heterocycles. The quantitative estimate of drug-likeness (QED) is 0.752. The van der Waals surface area contributed by atoms with E-state index in [1.54, 1.807) is 36.4 Å². The molecule has 0 atom stereocenters. The molecule has 0 aliphatic heterocycles. The van der Waals surface area contributed by atoms with Gasteiger partial charge in [-0.3, -0.25) is 0 Å². The molecule has 1 heterocycles. The van der Waals surface area contributed by atoms with Gasteiger partial charge >= 0.3 is 0 Å². The standard InChI is InChI=1S/C14H7FN2O/c15-12-3-1-2-11(7-12)14-5-4-13(18-14)6-10(8-16)9-17/h1-7H. The van der Waals surface area contributed by atoms with E-state index >= 15 is 0 Å². The Balaban J connectivity index is 2.35. The number of furan rings is 1.